The number of aryl methyl sites for hydroxylation is 1. The molecule has 2 N–H and O–H groups in total. The monoisotopic (exact) mass is 259 g/mol. The van der Waals surface area contributed by atoms with E-state index in [4.69, 9.17) is 5.73 Å². The molecule has 0 radical (unpaired) electrons. The fourth-order valence-electron chi connectivity index (χ4n) is 1.66. The quantitative estimate of drug-likeness (QED) is 0.662. The van der Waals surface area contributed by atoms with E-state index in [1.807, 2.05) is 12.4 Å². The van der Waals surface area contributed by atoms with Crippen molar-refractivity contribution in [1.82, 2.24) is 9.97 Å². The van der Waals surface area contributed by atoms with Crippen LogP contribution in [-0.2, 0) is 12.2 Å². The van der Waals surface area contributed by atoms with Gasteiger partial charge in [0.2, 0.25) is 0 Å². The van der Waals surface area contributed by atoms with Gasteiger partial charge in [0.25, 0.3) is 0 Å². The Morgan fingerprint density at radius 3 is 2.61 bits per heavy atom. The van der Waals surface area contributed by atoms with Crippen LogP contribution in [0.3, 0.4) is 0 Å². The first-order chi connectivity index (χ1) is 8.78. The van der Waals surface area contributed by atoms with Crippen molar-refractivity contribution in [3.8, 4) is 0 Å². The van der Waals surface area contributed by atoms with Gasteiger partial charge in [-0.1, -0.05) is 41.6 Å². The van der Waals surface area contributed by atoms with Gasteiger partial charge < -0.3 is 5.73 Å². The topological polar surface area (TPSA) is 51.8 Å². The number of thioether (sulfide) groups is 1. The lowest BCUT2D eigenvalue weighted by molar-refractivity contribution is 0.890. The van der Waals surface area contributed by atoms with Gasteiger partial charge in [-0.15, -0.1) is 0 Å². The molecule has 2 aromatic rings. The van der Waals surface area contributed by atoms with Gasteiger partial charge in [-0.05, 0) is 31.0 Å². The normalized spacial score (nSPS) is 10.6. The summed E-state index contributed by atoms with van der Waals surface area (Å²) in [6.45, 7) is 2.74. The smallest absolute Gasteiger partial charge is 0.187 e. The van der Waals surface area contributed by atoms with Crippen LogP contribution < -0.4 is 5.73 Å². The van der Waals surface area contributed by atoms with E-state index in [9.17, 15) is 0 Å². The SMILES string of the molecule is Cc1cccc(CSc2ncc(CCN)cn2)c1. The van der Waals surface area contributed by atoms with E-state index in [1.165, 1.54) is 11.1 Å². The number of benzene rings is 1. The second-order valence-corrected chi connectivity index (χ2v) is 5.13. The Hall–Kier alpha value is -1.39. The van der Waals surface area contributed by atoms with Crippen LogP contribution in [0.5, 0.6) is 0 Å². The summed E-state index contributed by atoms with van der Waals surface area (Å²) < 4.78 is 0. The van der Waals surface area contributed by atoms with Gasteiger partial charge in [0, 0.05) is 18.1 Å². The van der Waals surface area contributed by atoms with Crippen LogP contribution >= 0.6 is 11.8 Å². The number of rotatable bonds is 5. The molecule has 2 rings (SSSR count). The molecule has 0 atom stereocenters. The first-order valence-electron chi connectivity index (χ1n) is 5.97. The number of hydrogen-bond acceptors (Lipinski definition) is 4. The third-order valence-electron chi connectivity index (χ3n) is 2.57. The Morgan fingerprint density at radius 1 is 1.17 bits per heavy atom. The van der Waals surface area contributed by atoms with Crippen LogP contribution in [0.15, 0.2) is 41.8 Å². The highest BCUT2D eigenvalue weighted by molar-refractivity contribution is 7.98. The number of nitrogens with zero attached hydrogens (tertiary/aromatic N) is 2. The highest BCUT2D eigenvalue weighted by Gasteiger charge is 2.00. The Kier molecular flexibility index (Phi) is 4.73. The summed E-state index contributed by atoms with van der Waals surface area (Å²) in [6, 6.07) is 8.50. The number of hydrogen-bond donors (Lipinski definition) is 1. The Morgan fingerprint density at radius 2 is 1.94 bits per heavy atom. The predicted octanol–water partition coefficient (Wildman–Crippen LogP) is 2.58. The Balaban J connectivity index is 1.93. The van der Waals surface area contributed by atoms with Crippen molar-refractivity contribution in [1.29, 1.82) is 0 Å². The molecule has 0 saturated carbocycles. The summed E-state index contributed by atoms with van der Waals surface area (Å²) in [6.07, 6.45) is 4.56. The van der Waals surface area contributed by atoms with E-state index < -0.39 is 0 Å². The molecule has 0 bridgehead atoms. The lowest BCUT2D eigenvalue weighted by Gasteiger charge is -2.03. The van der Waals surface area contributed by atoms with Gasteiger partial charge in [0.05, 0.1) is 0 Å². The largest absolute Gasteiger partial charge is 0.330 e. The molecule has 0 aliphatic rings. The van der Waals surface area contributed by atoms with E-state index >= 15 is 0 Å². The van der Waals surface area contributed by atoms with Crippen molar-refractivity contribution in [3.05, 3.63) is 53.3 Å². The molecule has 0 spiro atoms. The molecule has 0 saturated heterocycles. The van der Waals surface area contributed by atoms with Gasteiger partial charge >= 0.3 is 0 Å². The third kappa shape index (κ3) is 3.82. The maximum atomic E-state index is 5.49. The molecular weight excluding hydrogens is 242 g/mol. The third-order valence-corrected chi connectivity index (χ3v) is 3.51. The van der Waals surface area contributed by atoms with Crippen molar-refractivity contribution in [2.24, 2.45) is 5.73 Å². The minimum Gasteiger partial charge on any atom is -0.330 e. The van der Waals surface area contributed by atoms with Crippen molar-refractivity contribution < 1.29 is 0 Å². The van der Waals surface area contributed by atoms with Crippen LogP contribution in [0.1, 0.15) is 16.7 Å². The molecular formula is C14H17N3S. The molecule has 0 unspecified atom stereocenters. The molecule has 0 fully saturated rings. The van der Waals surface area contributed by atoms with Gasteiger partial charge in [-0.3, -0.25) is 0 Å². The number of nitrogens with two attached hydrogens (primary N) is 1. The predicted molar refractivity (Wildman–Crippen MR) is 75.5 cm³/mol. The fraction of sp³-hybridized carbons (Fsp3) is 0.286. The van der Waals surface area contributed by atoms with Crippen molar-refractivity contribution in [2.45, 2.75) is 24.3 Å². The lowest BCUT2D eigenvalue weighted by Crippen LogP contribution is -2.03. The summed E-state index contributed by atoms with van der Waals surface area (Å²) >= 11 is 1.66. The average molecular weight is 259 g/mol. The first-order valence-corrected chi connectivity index (χ1v) is 6.96. The summed E-state index contributed by atoms with van der Waals surface area (Å²) in [4.78, 5) is 8.66. The van der Waals surface area contributed by atoms with Crippen LogP contribution in [0, 0.1) is 6.92 Å². The zero-order valence-corrected chi connectivity index (χ0v) is 11.3. The molecule has 94 valence electrons. The maximum absolute atomic E-state index is 5.49. The van der Waals surface area contributed by atoms with Gasteiger partial charge in [0.15, 0.2) is 5.16 Å². The zero-order chi connectivity index (χ0) is 12.8. The Bertz CT molecular complexity index is 497. The summed E-state index contributed by atoms with van der Waals surface area (Å²) in [5.41, 5.74) is 9.17. The minimum atomic E-state index is 0.638. The molecule has 0 aliphatic heterocycles. The molecule has 4 heteroatoms. The lowest BCUT2D eigenvalue weighted by atomic mass is 10.2. The Labute approximate surface area is 112 Å². The maximum Gasteiger partial charge on any atom is 0.187 e. The van der Waals surface area contributed by atoms with Gasteiger partial charge in [0.1, 0.15) is 0 Å². The van der Waals surface area contributed by atoms with Crippen LogP contribution in [-0.4, -0.2) is 16.5 Å². The van der Waals surface area contributed by atoms with Gasteiger partial charge in [-0.2, -0.15) is 0 Å². The van der Waals surface area contributed by atoms with Crippen molar-refractivity contribution in [3.63, 3.8) is 0 Å². The molecule has 3 nitrogen and oxygen atoms in total. The van der Waals surface area contributed by atoms with Crippen molar-refractivity contribution >= 4 is 11.8 Å². The van der Waals surface area contributed by atoms with E-state index in [-0.39, 0.29) is 0 Å². The molecule has 0 aliphatic carbocycles. The molecule has 18 heavy (non-hydrogen) atoms. The minimum absolute atomic E-state index is 0.638. The molecule has 1 heterocycles. The standard InChI is InChI=1S/C14H17N3S/c1-11-3-2-4-12(7-11)10-18-14-16-8-13(5-6-15)9-17-14/h2-4,7-9H,5-6,10,15H2,1H3. The van der Waals surface area contributed by atoms with Crippen molar-refractivity contribution in [2.75, 3.05) is 6.54 Å². The highest BCUT2D eigenvalue weighted by Crippen LogP contribution is 2.19. The van der Waals surface area contributed by atoms with Crippen LogP contribution in [0.4, 0.5) is 0 Å². The van der Waals surface area contributed by atoms with E-state index in [0.29, 0.717) is 6.54 Å². The first kappa shape index (κ1) is 13.1. The molecule has 1 aromatic carbocycles. The summed E-state index contributed by atoms with van der Waals surface area (Å²) in [5.74, 6) is 0.901. The van der Waals surface area contributed by atoms with Crippen LogP contribution in [0.25, 0.3) is 0 Å². The van der Waals surface area contributed by atoms with E-state index in [2.05, 4.69) is 41.2 Å². The fourth-order valence-corrected chi connectivity index (χ4v) is 2.39. The van der Waals surface area contributed by atoms with E-state index in [0.717, 1.165) is 22.9 Å². The average Bonchev–Trinajstić information content (AvgIpc) is 2.38. The molecule has 1 aromatic heterocycles. The van der Waals surface area contributed by atoms with E-state index in [1.54, 1.807) is 11.8 Å². The second kappa shape index (κ2) is 6.52. The molecule has 0 amide bonds. The highest BCUT2D eigenvalue weighted by atomic mass is 32.2. The summed E-state index contributed by atoms with van der Waals surface area (Å²) in [5, 5.41) is 0.817. The van der Waals surface area contributed by atoms with Gasteiger partial charge in [-0.25, -0.2) is 9.97 Å². The van der Waals surface area contributed by atoms with Crippen LogP contribution in [0.2, 0.25) is 0 Å². The summed E-state index contributed by atoms with van der Waals surface area (Å²) in [7, 11) is 0. The zero-order valence-electron chi connectivity index (χ0n) is 10.5. The number of aromatic nitrogens is 2. The second-order valence-electron chi connectivity index (χ2n) is 4.19.